The summed E-state index contributed by atoms with van der Waals surface area (Å²) in [6.45, 7) is 3.13. The predicted molar refractivity (Wildman–Crippen MR) is 45.6 cm³/mol. The minimum absolute atomic E-state index is 0.192. The summed E-state index contributed by atoms with van der Waals surface area (Å²) in [7, 11) is 0. The zero-order chi connectivity index (χ0) is 9.26. The molecule has 6 nitrogen and oxygen atoms in total. The standard InChI is InChI=1S/C7H5N5O/c1-8-7(13)5-4-6(11-2-9-4)12-3-10-5/h2-3H,1H2,(H,9,10,11,12). The first-order valence-electron chi connectivity index (χ1n) is 3.48. The quantitative estimate of drug-likeness (QED) is 0.627. The first kappa shape index (κ1) is 7.53. The van der Waals surface area contributed by atoms with Gasteiger partial charge in [0.25, 0.3) is 5.91 Å². The van der Waals surface area contributed by atoms with Gasteiger partial charge in [0.1, 0.15) is 11.8 Å². The molecule has 6 heteroatoms. The summed E-state index contributed by atoms with van der Waals surface area (Å²) in [5.74, 6) is -0.489. The third-order valence-electron chi connectivity index (χ3n) is 1.57. The molecule has 13 heavy (non-hydrogen) atoms. The summed E-state index contributed by atoms with van der Waals surface area (Å²) in [5.41, 5.74) is 1.12. The van der Waals surface area contributed by atoms with Crippen LogP contribution in [0.5, 0.6) is 0 Å². The molecule has 0 fully saturated rings. The summed E-state index contributed by atoms with van der Waals surface area (Å²) in [6, 6.07) is 0. The molecule has 1 N–H and O–H groups in total. The summed E-state index contributed by atoms with van der Waals surface area (Å²) < 4.78 is 0. The minimum atomic E-state index is -0.489. The predicted octanol–water partition coefficient (Wildman–Crippen LogP) is 0.194. The summed E-state index contributed by atoms with van der Waals surface area (Å²) in [5, 5.41) is 0. The van der Waals surface area contributed by atoms with Crippen LogP contribution in [-0.2, 0) is 0 Å². The molecule has 0 unspecified atom stereocenters. The molecule has 0 saturated carbocycles. The molecular weight excluding hydrogens is 170 g/mol. The molecule has 0 bridgehead atoms. The molecule has 0 aromatic carbocycles. The monoisotopic (exact) mass is 175 g/mol. The summed E-state index contributed by atoms with van der Waals surface area (Å²) in [4.78, 5) is 28.7. The maximum absolute atomic E-state index is 11.2. The Morgan fingerprint density at radius 2 is 2.31 bits per heavy atom. The topological polar surface area (TPSA) is 83.9 Å². The molecule has 0 aliphatic rings. The fourth-order valence-electron chi connectivity index (χ4n) is 1.00. The second-order valence-corrected chi connectivity index (χ2v) is 2.29. The Hall–Kier alpha value is -2.11. The van der Waals surface area contributed by atoms with Crippen LogP contribution in [0.3, 0.4) is 0 Å². The van der Waals surface area contributed by atoms with Crippen molar-refractivity contribution in [3.8, 4) is 0 Å². The van der Waals surface area contributed by atoms with Gasteiger partial charge in [0.2, 0.25) is 0 Å². The van der Waals surface area contributed by atoms with Crippen LogP contribution in [0, 0.1) is 0 Å². The Morgan fingerprint density at radius 1 is 1.46 bits per heavy atom. The zero-order valence-electron chi connectivity index (χ0n) is 6.56. The van der Waals surface area contributed by atoms with Crippen molar-refractivity contribution in [3.63, 3.8) is 0 Å². The van der Waals surface area contributed by atoms with Gasteiger partial charge in [-0.15, -0.1) is 0 Å². The number of aliphatic imine (C=N–C) groups is 1. The van der Waals surface area contributed by atoms with Gasteiger partial charge in [-0.25, -0.2) is 19.9 Å². The van der Waals surface area contributed by atoms with Crippen LogP contribution in [0.2, 0.25) is 0 Å². The number of fused-ring (bicyclic) bond motifs is 1. The van der Waals surface area contributed by atoms with Crippen LogP contribution < -0.4 is 0 Å². The van der Waals surface area contributed by atoms with Gasteiger partial charge < -0.3 is 4.98 Å². The number of rotatable bonds is 1. The number of hydrogen-bond donors (Lipinski definition) is 1. The van der Waals surface area contributed by atoms with E-state index in [1.165, 1.54) is 12.7 Å². The highest BCUT2D eigenvalue weighted by Crippen LogP contribution is 2.09. The van der Waals surface area contributed by atoms with Crippen LogP contribution in [0.4, 0.5) is 0 Å². The van der Waals surface area contributed by atoms with Crippen molar-refractivity contribution in [3.05, 3.63) is 18.3 Å². The number of aromatic nitrogens is 4. The van der Waals surface area contributed by atoms with Gasteiger partial charge in [-0.2, -0.15) is 0 Å². The first-order valence-corrected chi connectivity index (χ1v) is 3.48. The Bertz CT molecular complexity index is 474. The van der Waals surface area contributed by atoms with Crippen molar-refractivity contribution < 1.29 is 4.79 Å². The van der Waals surface area contributed by atoms with E-state index < -0.39 is 5.91 Å². The lowest BCUT2D eigenvalue weighted by Crippen LogP contribution is -2.00. The third kappa shape index (κ3) is 1.08. The van der Waals surface area contributed by atoms with Crippen molar-refractivity contribution in [1.82, 2.24) is 19.9 Å². The molecule has 0 saturated heterocycles. The fraction of sp³-hybridized carbons (Fsp3) is 0. The van der Waals surface area contributed by atoms with E-state index in [-0.39, 0.29) is 5.69 Å². The third-order valence-corrected chi connectivity index (χ3v) is 1.57. The van der Waals surface area contributed by atoms with Crippen LogP contribution >= 0.6 is 0 Å². The van der Waals surface area contributed by atoms with Crippen molar-refractivity contribution in [1.29, 1.82) is 0 Å². The molecule has 0 aliphatic carbocycles. The largest absolute Gasteiger partial charge is 0.341 e. The normalized spacial score (nSPS) is 10.2. The highest BCUT2D eigenvalue weighted by Gasteiger charge is 2.11. The van der Waals surface area contributed by atoms with Crippen LogP contribution in [0.1, 0.15) is 10.5 Å². The van der Waals surface area contributed by atoms with E-state index in [9.17, 15) is 4.79 Å². The number of carbonyl (C=O) groups excluding carboxylic acids is 1. The average molecular weight is 175 g/mol. The molecule has 0 radical (unpaired) electrons. The highest BCUT2D eigenvalue weighted by molar-refractivity contribution is 6.03. The lowest BCUT2D eigenvalue weighted by atomic mass is 10.3. The SMILES string of the molecule is C=NC(=O)c1ncnc2nc[nH]c12. The van der Waals surface area contributed by atoms with Gasteiger partial charge in [0.05, 0.1) is 6.33 Å². The van der Waals surface area contributed by atoms with Crippen molar-refractivity contribution in [2.45, 2.75) is 0 Å². The molecule has 0 spiro atoms. The Kier molecular flexibility index (Phi) is 1.59. The van der Waals surface area contributed by atoms with Crippen LogP contribution in [0.15, 0.2) is 17.6 Å². The van der Waals surface area contributed by atoms with Crippen molar-refractivity contribution >= 4 is 23.8 Å². The molecule has 2 rings (SSSR count). The fourth-order valence-corrected chi connectivity index (χ4v) is 1.00. The maximum atomic E-state index is 11.2. The smallest absolute Gasteiger partial charge is 0.297 e. The first-order chi connectivity index (χ1) is 6.33. The summed E-state index contributed by atoms with van der Waals surface area (Å²) in [6.07, 6.45) is 2.71. The molecule has 0 atom stereocenters. The minimum Gasteiger partial charge on any atom is -0.341 e. The number of nitrogens with zero attached hydrogens (tertiary/aromatic N) is 4. The number of carbonyl (C=O) groups is 1. The Balaban J connectivity index is 2.74. The van der Waals surface area contributed by atoms with E-state index in [2.05, 4.69) is 31.6 Å². The Morgan fingerprint density at radius 3 is 3.08 bits per heavy atom. The molecule has 2 aromatic heterocycles. The zero-order valence-corrected chi connectivity index (χ0v) is 6.56. The van der Waals surface area contributed by atoms with Crippen molar-refractivity contribution in [2.75, 3.05) is 0 Å². The van der Waals surface area contributed by atoms with Gasteiger partial charge >= 0.3 is 0 Å². The number of imidazole rings is 1. The molecule has 64 valence electrons. The van der Waals surface area contributed by atoms with Crippen LogP contribution in [-0.4, -0.2) is 32.6 Å². The molecular formula is C7H5N5O. The second kappa shape index (κ2) is 2.74. The number of hydrogen-bond acceptors (Lipinski definition) is 4. The van der Waals surface area contributed by atoms with Gasteiger partial charge in [0.15, 0.2) is 11.3 Å². The van der Waals surface area contributed by atoms with Gasteiger partial charge in [-0.1, -0.05) is 0 Å². The lowest BCUT2D eigenvalue weighted by Gasteiger charge is -1.93. The molecule has 0 aliphatic heterocycles. The van der Waals surface area contributed by atoms with E-state index in [4.69, 9.17) is 0 Å². The Labute approximate surface area is 72.8 Å². The number of aromatic amines is 1. The number of nitrogens with one attached hydrogen (secondary N) is 1. The lowest BCUT2D eigenvalue weighted by molar-refractivity contribution is 0.100. The van der Waals surface area contributed by atoms with E-state index in [1.807, 2.05) is 0 Å². The maximum Gasteiger partial charge on any atom is 0.297 e. The van der Waals surface area contributed by atoms with E-state index >= 15 is 0 Å². The summed E-state index contributed by atoms with van der Waals surface area (Å²) >= 11 is 0. The molecule has 2 heterocycles. The van der Waals surface area contributed by atoms with Crippen LogP contribution in [0.25, 0.3) is 11.2 Å². The van der Waals surface area contributed by atoms with Gasteiger partial charge in [-0.3, -0.25) is 4.79 Å². The number of H-pyrrole nitrogens is 1. The van der Waals surface area contributed by atoms with E-state index in [0.29, 0.717) is 11.2 Å². The van der Waals surface area contributed by atoms with Crippen molar-refractivity contribution in [2.24, 2.45) is 4.99 Å². The second-order valence-electron chi connectivity index (χ2n) is 2.29. The van der Waals surface area contributed by atoms with Gasteiger partial charge in [0, 0.05) is 0 Å². The number of amides is 1. The average Bonchev–Trinajstić information content (AvgIpc) is 2.63. The molecule has 1 amide bonds. The molecule has 2 aromatic rings. The van der Waals surface area contributed by atoms with E-state index in [1.54, 1.807) is 0 Å². The van der Waals surface area contributed by atoms with Gasteiger partial charge in [-0.05, 0) is 6.72 Å². The highest BCUT2D eigenvalue weighted by atomic mass is 16.1. The van der Waals surface area contributed by atoms with E-state index in [0.717, 1.165) is 0 Å².